The topological polar surface area (TPSA) is 47.3 Å². The number of nitrogens with two attached hydrogens (primary N) is 1. The van der Waals surface area contributed by atoms with E-state index in [4.69, 9.17) is 10.5 Å². The van der Waals surface area contributed by atoms with Gasteiger partial charge in [0, 0.05) is 23.7 Å². The average Bonchev–Trinajstić information content (AvgIpc) is 2.58. The molecule has 0 unspecified atom stereocenters. The van der Waals surface area contributed by atoms with Crippen LogP contribution in [0, 0.1) is 5.82 Å². The zero-order valence-corrected chi connectivity index (χ0v) is 13.5. The minimum Gasteiger partial charge on any atom is -0.484 e. The number of anilines is 1. The monoisotopic (exact) mass is 394 g/mol. The third-order valence-corrected chi connectivity index (χ3v) is 4.07. The van der Waals surface area contributed by atoms with E-state index in [1.54, 1.807) is 0 Å². The number of ether oxygens (including phenoxy) is 1. The smallest absolute Gasteiger partial charge is 0.417 e. The first-order valence-corrected chi connectivity index (χ1v) is 7.74. The number of fused-ring (bicyclic) bond motifs is 1. The van der Waals surface area contributed by atoms with Gasteiger partial charge in [-0.15, -0.1) is 0 Å². The third-order valence-electron chi connectivity index (χ3n) is 4.07. The van der Waals surface area contributed by atoms with Gasteiger partial charge in [-0.2, -0.15) is 26.3 Å². The Balaban J connectivity index is 2.36. The molecule has 0 aromatic heterocycles. The number of halogens is 7. The molecule has 146 valence electrons. The summed E-state index contributed by atoms with van der Waals surface area (Å²) in [4.78, 5) is 0. The van der Waals surface area contributed by atoms with Crippen LogP contribution in [0.3, 0.4) is 0 Å². The van der Waals surface area contributed by atoms with Crippen molar-refractivity contribution in [3.63, 3.8) is 0 Å². The molecule has 2 aromatic carbocycles. The molecule has 1 heterocycles. The molecule has 3 nitrogen and oxygen atoms in total. The van der Waals surface area contributed by atoms with Crippen LogP contribution in [0.25, 0.3) is 11.1 Å². The van der Waals surface area contributed by atoms with E-state index >= 15 is 0 Å². The fraction of sp³-hybridized carbons (Fsp3) is 0.294. The second-order valence-electron chi connectivity index (χ2n) is 5.91. The first kappa shape index (κ1) is 19.3. The van der Waals surface area contributed by atoms with Crippen molar-refractivity contribution in [1.82, 2.24) is 0 Å². The van der Waals surface area contributed by atoms with Crippen molar-refractivity contribution in [2.45, 2.75) is 18.5 Å². The Labute approximate surface area is 148 Å². The lowest BCUT2D eigenvalue weighted by atomic mass is 9.92. The molecular formula is C17H13F7N2O. The van der Waals surface area contributed by atoms with Gasteiger partial charge < -0.3 is 15.8 Å². The normalized spacial score (nSPS) is 17.1. The van der Waals surface area contributed by atoms with E-state index in [1.165, 1.54) is 0 Å². The first-order chi connectivity index (χ1) is 12.5. The molecule has 0 radical (unpaired) electrons. The van der Waals surface area contributed by atoms with Gasteiger partial charge in [-0.05, 0) is 18.2 Å². The average molecular weight is 394 g/mol. The Bertz CT molecular complexity index is 829. The van der Waals surface area contributed by atoms with Crippen LogP contribution < -0.4 is 15.8 Å². The number of alkyl halides is 6. The van der Waals surface area contributed by atoms with Crippen molar-refractivity contribution < 1.29 is 35.5 Å². The lowest BCUT2D eigenvalue weighted by molar-refractivity contribution is -0.142. The zero-order valence-electron chi connectivity index (χ0n) is 13.5. The zero-order chi connectivity index (χ0) is 20.0. The fourth-order valence-corrected chi connectivity index (χ4v) is 2.92. The number of rotatable bonds is 2. The molecule has 0 spiro atoms. The van der Waals surface area contributed by atoms with E-state index in [1.807, 2.05) is 0 Å². The summed E-state index contributed by atoms with van der Waals surface area (Å²) in [5, 5.41) is 2.72. The van der Waals surface area contributed by atoms with Gasteiger partial charge in [0.05, 0.1) is 23.4 Å². The standard InChI is InChI=1S/C17H13F7N2O/c18-8-4-10(15-13(5-8)26-7-9(6-25)27-15)14-11(16(19,20)21)2-1-3-12(14)17(22,23)24/h1-5,9,26H,6-7,25H2/t9-/m1/s1. The molecule has 0 bridgehead atoms. The van der Waals surface area contributed by atoms with E-state index in [0.29, 0.717) is 24.3 Å². The van der Waals surface area contributed by atoms with Gasteiger partial charge in [0.1, 0.15) is 11.9 Å². The number of nitrogens with one attached hydrogen (secondary N) is 1. The molecule has 0 saturated carbocycles. The maximum absolute atomic E-state index is 14.0. The Morgan fingerprint density at radius 2 is 1.63 bits per heavy atom. The summed E-state index contributed by atoms with van der Waals surface area (Å²) >= 11 is 0. The van der Waals surface area contributed by atoms with E-state index in [9.17, 15) is 30.7 Å². The van der Waals surface area contributed by atoms with Crippen LogP contribution in [0.15, 0.2) is 30.3 Å². The van der Waals surface area contributed by atoms with Crippen molar-refractivity contribution in [2.75, 3.05) is 18.4 Å². The summed E-state index contributed by atoms with van der Waals surface area (Å²) in [5.74, 6) is -1.31. The lowest BCUT2D eigenvalue weighted by Gasteiger charge is -2.29. The van der Waals surface area contributed by atoms with Crippen molar-refractivity contribution in [1.29, 1.82) is 0 Å². The minimum absolute atomic E-state index is 0.0314. The molecule has 10 heteroatoms. The predicted molar refractivity (Wildman–Crippen MR) is 83.8 cm³/mol. The molecule has 0 amide bonds. The predicted octanol–water partition coefficient (Wildman–Crippen LogP) is 4.66. The van der Waals surface area contributed by atoms with Gasteiger partial charge in [-0.25, -0.2) is 4.39 Å². The number of benzene rings is 2. The van der Waals surface area contributed by atoms with Crippen LogP contribution in [0.4, 0.5) is 36.4 Å². The molecule has 0 aliphatic carbocycles. The van der Waals surface area contributed by atoms with Gasteiger partial charge in [0.25, 0.3) is 0 Å². The van der Waals surface area contributed by atoms with Crippen LogP contribution in [0.1, 0.15) is 11.1 Å². The maximum Gasteiger partial charge on any atom is 0.417 e. The maximum atomic E-state index is 14.0. The summed E-state index contributed by atoms with van der Waals surface area (Å²) in [5.41, 5.74) is 0.530. The molecule has 1 atom stereocenters. The molecule has 3 rings (SSSR count). The molecule has 1 aliphatic rings. The lowest BCUT2D eigenvalue weighted by Crippen LogP contribution is -2.37. The van der Waals surface area contributed by atoms with Gasteiger partial charge in [0.15, 0.2) is 5.75 Å². The van der Waals surface area contributed by atoms with Gasteiger partial charge in [-0.1, -0.05) is 6.07 Å². The van der Waals surface area contributed by atoms with E-state index in [-0.39, 0.29) is 24.5 Å². The first-order valence-electron chi connectivity index (χ1n) is 7.74. The second-order valence-corrected chi connectivity index (χ2v) is 5.91. The summed E-state index contributed by atoms with van der Waals surface area (Å²) in [6.07, 6.45) is -10.9. The van der Waals surface area contributed by atoms with Crippen molar-refractivity contribution in [3.05, 3.63) is 47.3 Å². The SMILES string of the molecule is NC[C@@H]1CNc2cc(F)cc(-c3c(C(F)(F)F)cccc3C(F)(F)F)c2O1. The van der Waals surface area contributed by atoms with Crippen molar-refractivity contribution in [3.8, 4) is 16.9 Å². The van der Waals surface area contributed by atoms with E-state index in [2.05, 4.69) is 5.32 Å². The van der Waals surface area contributed by atoms with Gasteiger partial charge >= 0.3 is 12.4 Å². The molecule has 0 fully saturated rings. The van der Waals surface area contributed by atoms with E-state index < -0.39 is 46.5 Å². The van der Waals surface area contributed by atoms with E-state index in [0.717, 1.165) is 6.07 Å². The van der Waals surface area contributed by atoms with Crippen LogP contribution in [-0.4, -0.2) is 19.2 Å². The molecule has 3 N–H and O–H groups in total. The quantitative estimate of drug-likeness (QED) is 0.729. The summed E-state index contributed by atoms with van der Waals surface area (Å²) < 4.78 is 100. The van der Waals surface area contributed by atoms with Gasteiger partial charge in [-0.3, -0.25) is 0 Å². The van der Waals surface area contributed by atoms with Crippen LogP contribution >= 0.6 is 0 Å². The fourth-order valence-electron chi connectivity index (χ4n) is 2.92. The minimum atomic E-state index is -5.09. The molecule has 0 saturated heterocycles. The molecular weight excluding hydrogens is 381 g/mol. The van der Waals surface area contributed by atoms with Crippen LogP contribution in [0.5, 0.6) is 5.75 Å². The highest BCUT2D eigenvalue weighted by Gasteiger charge is 2.42. The third kappa shape index (κ3) is 3.66. The largest absolute Gasteiger partial charge is 0.484 e. The second kappa shape index (κ2) is 6.59. The Kier molecular flexibility index (Phi) is 4.71. The number of hydrogen-bond donors (Lipinski definition) is 2. The summed E-state index contributed by atoms with van der Waals surface area (Å²) in [6, 6.07) is 3.22. The Hall–Kier alpha value is -2.49. The Morgan fingerprint density at radius 1 is 1.04 bits per heavy atom. The summed E-state index contributed by atoms with van der Waals surface area (Å²) in [6.45, 7) is 0.107. The van der Waals surface area contributed by atoms with Crippen molar-refractivity contribution in [2.24, 2.45) is 5.73 Å². The summed E-state index contributed by atoms with van der Waals surface area (Å²) in [7, 11) is 0. The van der Waals surface area contributed by atoms with Crippen LogP contribution in [0.2, 0.25) is 0 Å². The molecule has 2 aromatic rings. The highest BCUT2D eigenvalue weighted by molar-refractivity contribution is 5.83. The van der Waals surface area contributed by atoms with Gasteiger partial charge in [0.2, 0.25) is 0 Å². The number of hydrogen-bond acceptors (Lipinski definition) is 3. The highest BCUT2D eigenvalue weighted by Crippen LogP contribution is 2.49. The molecule has 1 aliphatic heterocycles. The van der Waals surface area contributed by atoms with Crippen molar-refractivity contribution >= 4 is 5.69 Å². The molecule has 27 heavy (non-hydrogen) atoms. The van der Waals surface area contributed by atoms with Crippen LogP contribution in [-0.2, 0) is 12.4 Å². The highest BCUT2D eigenvalue weighted by atomic mass is 19.4. The Morgan fingerprint density at radius 3 is 2.15 bits per heavy atom.